The molecule has 5 heteroatoms. The van der Waals surface area contributed by atoms with E-state index < -0.39 is 0 Å². The van der Waals surface area contributed by atoms with Crippen LogP contribution in [0.15, 0.2) is 18.2 Å². The molecule has 0 aliphatic carbocycles. The lowest BCUT2D eigenvalue weighted by Crippen LogP contribution is -2.41. The van der Waals surface area contributed by atoms with E-state index in [0.717, 1.165) is 24.4 Å². The molecule has 1 aliphatic heterocycles. The summed E-state index contributed by atoms with van der Waals surface area (Å²) >= 11 is 6.07. The predicted octanol–water partition coefficient (Wildman–Crippen LogP) is 1.26. The van der Waals surface area contributed by atoms with Crippen molar-refractivity contribution in [3.05, 3.63) is 29.2 Å². The Morgan fingerprint density at radius 2 is 2.27 bits per heavy atom. The smallest absolute Gasteiger partial charge is 0.155 e. The third kappa shape index (κ3) is 1.22. The average Bonchev–Trinajstić information content (AvgIpc) is 2.43. The summed E-state index contributed by atoms with van der Waals surface area (Å²) in [5, 5.41) is 3.75. The Labute approximate surface area is 92.1 Å². The Morgan fingerprint density at radius 1 is 1.47 bits per heavy atom. The van der Waals surface area contributed by atoms with Crippen LogP contribution >= 0.6 is 11.6 Å². The molecule has 0 bridgehead atoms. The molecule has 0 aromatic carbocycles. The second kappa shape index (κ2) is 3.12. The molecule has 4 nitrogen and oxygen atoms in total. The number of pyridine rings is 1. The van der Waals surface area contributed by atoms with E-state index in [2.05, 4.69) is 10.3 Å². The predicted molar refractivity (Wildman–Crippen MR) is 60.2 cm³/mol. The number of aromatic nitrogens is 2. The number of nitrogen functional groups attached to an aromatic ring is 1. The van der Waals surface area contributed by atoms with Gasteiger partial charge in [0, 0.05) is 19.0 Å². The second-order valence-electron chi connectivity index (χ2n) is 3.79. The Kier molecular flexibility index (Phi) is 1.87. The van der Waals surface area contributed by atoms with Crippen LogP contribution in [0.5, 0.6) is 0 Å². The van der Waals surface area contributed by atoms with E-state index in [-0.39, 0.29) is 0 Å². The lowest BCUT2D eigenvalue weighted by Gasteiger charge is -2.26. The van der Waals surface area contributed by atoms with Crippen LogP contribution in [-0.2, 0) is 0 Å². The molecule has 0 radical (unpaired) electrons. The van der Waals surface area contributed by atoms with Crippen molar-refractivity contribution in [2.45, 2.75) is 5.92 Å². The maximum absolute atomic E-state index is 6.07. The first-order valence-corrected chi connectivity index (χ1v) is 5.28. The fourth-order valence-electron chi connectivity index (χ4n) is 1.90. The highest BCUT2D eigenvalue weighted by Gasteiger charge is 2.25. The molecule has 0 atom stereocenters. The molecule has 3 heterocycles. The normalized spacial score (nSPS) is 16.9. The monoisotopic (exact) mass is 222 g/mol. The molecular weight excluding hydrogens is 212 g/mol. The number of nitrogens with zero attached hydrogens (tertiary/aromatic N) is 2. The highest BCUT2D eigenvalue weighted by atomic mass is 35.5. The van der Waals surface area contributed by atoms with Gasteiger partial charge in [-0.05, 0) is 12.1 Å². The van der Waals surface area contributed by atoms with Gasteiger partial charge in [-0.15, -0.1) is 0 Å². The highest BCUT2D eigenvalue weighted by molar-refractivity contribution is 6.32. The first-order valence-electron chi connectivity index (χ1n) is 4.90. The molecule has 2 aromatic heterocycles. The van der Waals surface area contributed by atoms with Gasteiger partial charge in [0.1, 0.15) is 11.6 Å². The highest BCUT2D eigenvalue weighted by Crippen LogP contribution is 2.27. The van der Waals surface area contributed by atoms with Gasteiger partial charge in [0.15, 0.2) is 5.15 Å². The molecule has 1 saturated heterocycles. The number of nitrogens with two attached hydrogens (primary N) is 1. The Morgan fingerprint density at radius 3 is 2.93 bits per heavy atom. The fourth-order valence-corrected chi connectivity index (χ4v) is 2.13. The number of anilines is 1. The summed E-state index contributed by atoms with van der Waals surface area (Å²) in [5.41, 5.74) is 6.82. The van der Waals surface area contributed by atoms with Crippen molar-refractivity contribution >= 4 is 22.9 Å². The van der Waals surface area contributed by atoms with E-state index in [0.29, 0.717) is 16.9 Å². The fraction of sp³-hybridized carbons (Fsp3) is 0.300. The van der Waals surface area contributed by atoms with E-state index in [1.807, 2.05) is 22.6 Å². The van der Waals surface area contributed by atoms with Gasteiger partial charge in [-0.2, -0.15) is 0 Å². The van der Waals surface area contributed by atoms with Gasteiger partial charge in [0.05, 0.1) is 5.52 Å². The standard InChI is InChI=1S/C10H11ClN4/c11-9-7-2-1-3-8(12)15(7)10(14-9)6-4-13-5-6/h1-3,6,13H,4-5,12H2. The number of fused-ring (bicyclic) bond motifs is 1. The zero-order valence-electron chi connectivity index (χ0n) is 8.07. The van der Waals surface area contributed by atoms with E-state index in [1.165, 1.54) is 0 Å². The second-order valence-corrected chi connectivity index (χ2v) is 4.15. The third-order valence-electron chi connectivity index (χ3n) is 2.82. The lowest BCUT2D eigenvalue weighted by atomic mass is 10.0. The summed E-state index contributed by atoms with van der Waals surface area (Å²) in [5.74, 6) is 2.08. The topological polar surface area (TPSA) is 55.3 Å². The summed E-state index contributed by atoms with van der Waals surface area (Å²) in [6, 6.07) is 5.68. The van der Waals surface area contributed by atoms with Crippen molar-refractivity contribution in [3.8, 4) is 0 Å². The molecule has 3 rings (SSSR count). The molecule has 1 aliphatic rings. The molecule has 15 heavy (non-hydrogen) atoms. The number of imidazole rings is 1. The van der Waals surface area contributed by atoms with Gasteiger partial charge in [0.25, 0.3) is 0 Å². The quantitative estimate of drug-likeness (QED) is 0.764. The zero-order chi connectivity index (χ0) is 10.4. The number of halogens is 1. The minimum Gasteiger partial charge on any atom is -0.385 e. The molecule has 3 N–H and O–H groups in total. The minimum absolute atomic E-state index is 0.426. The van der Waals surface area contributed by atoms with E-state index in [9.17, 15) is 0 Å². The summed E-state index contributed by atoms with van der Waals surface area (Å²) < 4.78 is 1.94. The molecule has 2 aromatic rings. The Bertz CT molecular complexity index is 515. The average molecular weight is 223 g/mol. The van der Waals surface area contributed by atoms with Crippen LogP contribution in [0, 0.1) is 0 Å². The molecule has 0 amide bonds. The SMILES string of the molecule is Nc1cccc2c(Cl)nc(C3CNC3)n12. The number of hydrogen-bond donors (Lipinski definition) is 2. The summed E-state index contributed by atoms with van der Waals surface area (Å²) in [7, 11) is 0. The summed E-state index contributed by atoms with van der Waals surface area (Å²) in [6.07, 6.45) is 0. The molecule has 0 saturated carbocycles. The number of hydrogen-bond acceptors (Lipinski definition) is 3. The largest absolute Gasteiger partial charge is 0.385 e. The zero-order valence-corrected chi connectivity index (χ0v) is 8.83. The summed E-state index contributed by atoms with van der Waals surface area (Å²) in [6.45, 7) is 1.90. The maximum atomic E-state index is 6.07. The van der Waals surface area contributed by atoms with Gasteiger partial charge in [-0.3, -0.25) is 4.40 Å². The first-order chi connectivity index (χ1) is 7.27. The molecule has 0 spiro atoms. The maximum Gasteiger partial charge on any atom is 0.155 e. The van der Waals surface area contributed by atoms with Crippen LogP contribution in [0.4, 0.5) is 5.82 Å². The van der Waals surface area contributed by atoms with Gasteiger partial charge in [0.2, 0.25) is 0 Å². The van der Waals surface area contributed by atoms with Gasteiger partial charge >= 0.3 is 0 Å². The third-order valence-corrected chi connectivity index (χ3v) is 3.10. The molecule has 1 fully saturated rings. The number of rotatable bonds is 1. The van der Waals surface area contributed by atoms with Crippen molar-refractivity contribution in [3.63, 3.8) is 0 Å². The van der Waals surface area contributed by atoms with Crippen molar-refractivity contribution in [2.24, 2.45) is 0 Å². The van der Waals surface area contributed by atoms with Crippen LogP contribution in [-0.4, -0.2) is 22.5 Å². The molecular formula is C10H11ClN4. The summed E-state index contributed by atoms with van der Waals surface area (Å²) in [4.78, 5) is 4.38. The van der Waals surface area contributed by atoms with E-state index in [1.54, 1.807) is 0 Å². The number of nitrogens with one attached hydrogen (secondary N) is 1. The van der Waals surface area contributed by atoms with Crippen LogP contribution in [0.25, 0.3) is 5.52 Å². The van der Waals surface area contributed by atoms with Gasteiger partial charge in [-0.1, -0.05) is 17.7 Å². The van der Waals surface area contributed by atoms with E-state index in [4.69, 9.17) is 17.3 Å². The van der Waals surface area contributed by atoms with Gasteiger partial charge < -0.3 is 11.1 Å². The van der Waals surface area contributed by atoms with E-state index >= 15 is 0 Å². The molecule has 78 valence electrons. The van der Waals surface area contributed by atoms with Crippen molar-refractivity contribution in [1.29, 1.82) is 0 Å². The Balaban J connectivity index is 2.29. The van der Waals surface area contributed by atoms with Crippen LogP contribution in [0.2, 0.25) is 5.15 Å². The van der Waals surface area contributed by atoms with Crippen molar-refractivity contribution < 1.29 is 0 Å². The Hall–Kier alpha value is -1.26. The van der Waals surface area contributed by atoms with Crippen molar-refractivity contribution in [1.82, 2.24) is 14.7 Å². The first kappa shape index (κ1) is 9.00. The lowest BCUT2D eigenvalue weighted by molar-refractivity contribution is 0.429. The van der Waals surface area contributed by atoms with Crippen LogP contribution in [0.3, 0.4) is 0 Å². The minimum atomic E-state index is 0.426. The van der Waals surface area contributed by atoms with Crippen molar-refractivity contribution in [2.75, 3.05) is 18.8 Å². The molecule has 0 unspecified atom stereocenters. The van der Waals surface area contributed by atoms with Crippen LogP contribution < -0.4 is 11.1 Å². The van der Waals surface area contributed by atoms with Crippen LogP contribution in [0.1, 0.15) is 11.7 Å². The van der Waals surface area contributed by atoms with Gasteiger partial charge in [-0.25, -0.2) is 4.98 Å².